The summed E-state index contributed by atoms with van der Waals surface area (Å²) >= 11 is 2.23. The van der Waals surface area contributed by atoms with Crippen LogP contribution in [0, 0.1) is 3.57 Å². The summed E-state index contributed by atoms with van der Waals surface area (Å²) in [4.78, 5) is 14.2. The monoisotopic (exact) mass is 439 g/mol. The van der Waals surface area contributed by atoms with E-state index in [-0.39, 0.29) is 12.1 Å². The second kappa shape index (κ2) is 8.89. The van der Waals surface area contributed by atoms with Gasteiger partial charge in [0.25, 0.3) is 0 Å². The van der Waals surface area contributed by atoms with Gasteiger partial charge in [0, 0.05) is 15.8 Å². The fourth-order valence-electron chi connectivity index (χ4n) is 2.35. The third kappa shape index (κ3) is 5.38. The second-order valence-corrected chi connectivity index (χ2v) is 6.84. The molecule has 0 fully saturated rings. The van der Waals surface area contributed by atoms with Crippen molar-refractivity contribution in [3.63, 3.8) is 0 Å². The van der Waals surface area contributed by atoms with Crippen molar-refractivity contribution in [3.05, 3.63) is 57.7 Å². The molecule has 0 saturated carbocycles. The molecule has 128 valence electrons. The van der Waals surface area contributed by atoms with Crippen molar-refractivity contribution >= 4 is 34.3 Å². The lowest BCUT2D eigenvalue weighted by Gasteiger charge is -2.25. The van der Waals surface area contributed by atoms with Gasteiger partial charge < -0.3 is 20.3 Å². The zero-order valence-corrected chi connectivity index (χ0v) is 16.2. The number of anilines is 1. The molecule has 5 nitrogen and oxygen atoms in total. The van der Waals surface area contributed by atoms with Crippen molar-refractivity contribution in [2.45, 2.75) is 6.04 Å². The van der Waals surface area contributed by atoms with Crippen LogP contribution in [0.2, 0.25) is 0 Å². The first-order valence-corrected chi connectivity index (χ1v) is 8.68. The number of amides is 2. The average molecular weight is 439 g/mol. The first kappa shape index (κ1) is 18.5. The Balaban J connectivity index is 1.98. The number of methoxy groups -OCH3 is 1. The molecule has 24 heavy (non-hydrogen) atoms. The Morgan fingerprint density at radius 2 is 1.92 bits per heavy atom. The Morgan fingerprint density at radius 3 is 2.54 bits per heavy atom. The molecule has 0 radical (unpaired) electrons. The highest BCUT2D eigenvalue weighted by molar-refractivity contribution is 14.1. The molecule has 1 unspecified atom stereocenters. The summed E-state index contributed by atoms with van der Waals surface area (Å²) in [5.74, 6) is 0.808. The SMILES string of the molecule is COc1cccc(C(CNC(=O)Nc2ccc(I)cc2)N(C)C)c1. The number of halogens is 1. The first-order valence-electron chi connectivity index (χ1n) is 7.60. The third-order valence-electron chi connectivity index (χ3n) is 3.66. The summed E-state index contributed by atoms with van der Waals surface area (Å²) < 4.78 is 6.41. The van der Waals surface area contributed by atoms with Gasteiger partial charge in [-0.25, -0.2) is 4.79 Å². The maximum absolute atomic E-state index is 12.1. The maximum Gasteiger partial charge on any atom is 0.319 e. The maximum atomic E-state index is 12.1. The van der Waals surface area contributed by atoms with Crippen LogP contribution >= 0.6 is 22.6 Å². The fraction of sp³-hybridized carbons (Fsp3) is 0.278. The van der Waals surface area contributed by atoms with Crippen LogP contribution in [0.3, 0.4) is 0 Å². The molecule has 0 bridgehead atoms. The quantitative estimate of drug-likeness (QED) is 0.675. The van der Waals surface area contributed by atoms with E-state index < -0.39 is 0 Å². The number of ether oxygens (including phenoxy) is 1. The van der Waals surface area contributed by atoms with Crippen LogP contribution in [-0.4, -0.2) is 38.7 Å². The molecule has 0 aliphatic carbocycles. The summed E-state index contributed by atoms with van der Waals surface area (Å²) in [6.45, 7) is 0.496. The van der Waals surface area contributed by atoms with Gasteiger partial charge in [-0.2, -0.15) is 0 Å². The smallest absolute Gasteiger partial charge is 0.319 e. The van der Waals surface area contributed by atoms with Crippen LogP contribution in [0.15, 0.2) is 48.5 Å². The highest BCUT2D eigenvalue weighted by atomic mass is 127. The number of hydrogen-bond donors (Lipinski definition) is 2. The minimum absolute atomic E-state index is 0.0579. The number of likely N-dealkylation sites (N-methyl/N-ethyl adjacent to an activating group) is 1. The standard InChI is InChI=1S/C18H22IN3O2/c1-22(2)17(13-5-4-6-16(11-13)24-3)12-20-18(23)21-15-9-7-14(19)8-10-15/h4-11,17H,12H2,1-3H3,(H2,20,21,23). The van der Waals surface area contributed by atoms with Gasteiger partial charge in [-0.15, -0.1) is 0 Å². The number of benzene rings is 2. The lowest BCUT2D eigenvalue weighted by Crippen LogP contribution is -2.36. The van der Waals surface area contributed by atoms with E-state index in [2.05, 4.69) is 38.1 Å². The molecule has 0 aliphatic rings. The molecule has 0 aromatic heterocycles. The van der Waals surface area contributed by atoms with Crippen molar-refractivity contribution in [1.82, 2.24) is 10.2 Å². The van der Waals surface area contributed by atoms with Crippen molar-refractivity contribution in [1.29, 1.82) is 0 Å². The molecule has 2 aromatic rings. The van der Waals surface area contributed by atoms with E-state index in [1.807, 2.05) is 62.6 Å². The fourth-order valence-corrected chi connectivity index (χ4v) is 2.70. The van der Waals surface area contributed by atoms with Gasteiger partial charge in [0.05, 0.1) is 13.2 Å². The highest BCUT2D eigenvalue weighted by Crippen LogP contribution is 2.22. The van der Waals surface area contributed by atoms with E-state index in [0.717, 1.165) is 20.6 Å². The van der Waals surface area contributed by atoms with Crippen LogP contribution < -0.4 is 15.4 Å². The Morgan fingerprint density at radius 1 is 1.21 bits per heavy atom. The molecule has 0 aliphatic heterocycles. The molecule has 2 N–H and O–H groups in total. The third-order valence-corrected chi connectivity index (χ3v) is 4.38. The molecule has 6 heteroatoms. The van der Waals surface area contributed by atoms with E-state index >= 15 is 0 Å². The van der Waals surface area contributed by atoms with Gasteiger partial charge in [-0.1, -0.05) is 12.1 Å². The summed E-state index contributed by atoms with van der Waals surface area (Å²) in [5, 5.41) is 5.77. The second-order valence-electron chi connectivity index (χ2n) is 5.60. The predicted molar refractivity (Wildman–Crippen MR) is 106 cm³/mol. The summed E-state index contributed by atoms with van der Waals surface area (Å²) in [6.07, 6.45) is 0. The molecule has 2 rings (SSSR count). The first-order chi connectivity index (χ1) is 11.5. The molecule has 1 atom stereocenters. The Hall–Kier alpha value is -1.80. The predicted octanol–water partition coefficient (Wildman–Crippen LogP) is 3.72. The van der Waals surface area contributed by atoms with Gasteiger partial charge in [0.1, 0.15) is 5.75 Å². The van der Waals surface area contributed by atoms with E-state index in [0.29, 0.717) is 6.54 Å². The lowest BCUT2D eigenvalue weighted by molar-refractivity contribution is 0.243. The molecule has 0 heterocycles. The Kier molecular flexibility index (Phi) is 6.86. The molecule has 2 aromatic carbocycles. The van der Waals surface area contributed by atoms with Crippen molar-refractivity contribution in [3.8, 4) is 5.75 Å². The number of hydrogen-bond acceptors (Lipinski definition) is 3. The number of rotatable bonds is 6. The van der Waals surface area contributed by atoms with Crippen LogP contribution in [-0.2, 0) is 0 Å². The number of urea groups is 1. The minimum atomic E-state index is -0.217. The molecular formula is C18H22IN3O2. The van der Waals surface area contributed by atoms with Crippen molar-refractivity contribution in [2.75, 3.05) is 33.1 Å². The highest BCUT2D eigenvalue weighted by Gasteiger charge is 2.16. The van der Waals surface area contributed by atoms with Gasteiger partial charge in [-0.3, -0.25) is 0 Å². The zero-order valence-electron chi connectivity index (χ0n) is 14.0. The molecule has 0 saturated heterocycles. The lowest BCUT2D eigenvalue weighted by atomic mass is 10.1. The largest absolute Gasteiger partial charge is 0.497 e. The van der Waals surface area contributed by atoms with Gasteiger partial charge in [0.15, 0.2) is 0 Å². The van der Waals surface area contributed by atoms with Gasteiger partial charge in [-0.05, 0) is 78.6 Å². The van der Waals surface area contributed by atoms with Crippen LogP contribution in [0.1, 0.15) is 11.6 Å². The summed E-state index contributed by atoms with van der Waals surface area (Å²) in [6, 6.07) is 15.4. The van der Waals surface area contributed by atoms with Crippen LogP contribution in [0.4, 0.5) is 10.5 Å². The number of nitrogens with one attached hydrogen (secondary N) is 2. The Labute approximate surface area is 156 Å². The normalized spacial score (nSPS) is 11.9. The molecule has 0 spiro atoms. The van der Waals surface area contributed by atoms with Crippen molar-refractivity contribution < 1.29 is 9.53 Å². The van der Waals surface area contributed by atoms with Crippen molar-refractivity contribution in [2.24, 2.45) is 0 Å². The average Bonchev–Trinajstić information content (AvgIpc) is 2.57. The minimum Gasteiger partial charge on any atom is -0.497 e. The summed E-state index contributed by atoms with van der Waals surface area (Å²) in [5.41, 5.74) is 1.87. The van der Waals surface area contributed by atoms with E-state index in [9.17, 15) is 4.79 Å². The van der Waals surface area contributed by atoms with Gasteiger partial charge in [0.2, 0.25) is 0 Å². The Bertz CT molecular complexity index is 674. The van der Waals surface area contributed by atoms with E-state index in [1.165, 1.54) is 0 Å². The van der Waals surface area contributed by atoms with E-state index in [4.69, 9.17) is 4.74 Å². The van der Waals surface area contributed by atoms with Gasteiger partial charge >= 0.3 is 6.03 Å². The van der Waals surface area contributed by atoms with Crippen LogP contribution in [0.25, 0.3) is 0 Å². The van der Waals surface area contributed by atoms with Crippen LogP contribution in [0.5, 0.6) is 5.75 Å². The number of nitrogens with zero attached hydrogens (tertiary/aromatic N) is 1. The summed E-state index contributed by atoms with van der Waals surface area (Å²) in [7, 11) is 5.63. The number of carbonyl (C=O) groups is 1. The molecular weight excluding hydrogens is 417 g/mol. The topological polar surface area (TPSA) is 53.6 Å². The number of carbonyl (C=O) groups excluding carboxylic acids is 1. The molecule has 2 amide bonds. The van der Waals surface area contributed by atoms with E-state index in [1.54, 1.807) is 7.11 Å². The zero-order chi connectivity index (χ0) is 17.5.